The van der Waals surface area contributed by atoms with Crippen LogP contribution in [0.1, 0.15) is 25.5 Å². The first kappa shape index (κ1) is 15.5. The molecule has 0 spiro atoms. The van der Waals surface area contributed by atoms with Gasteiger partial charge in [0.25, 0.3) is 0 Å². The Morgan fingerprint density at radius 3 is 2.43 bits per heavy atom. The lowest BCUT2D eigenvalue weighted by molar-refractivity contribution is -0.117. The van der Waals surface area contributed by atoms with Crippen LogP contribution in [0.3, 0.4) is 0 Å². The summed E-state index contributed by atoms with van der Waals surface area (Å²) in [5, 5.41) is 6.85. The van der Waals surface area contributed by atoms with E-state index in [1.54, 1.807) is 0 Å². The largest absolute Gasteiger partial charge is 0.325 e. The molecule has 2 aromatic rings. The summed E-state index contributed by atoms with van der Waals surface area (Å²) >= 11 is 5.99. The third kappa shape index (κ3) is 4.59. The van der Waals surface area contributed by atoms with Crippen molar-refractivity contribution in [3.63, 3.8) is 0 Å². The number of hydrogen-bond acceptors (Lipinski definition) is 2. The lowest BCUT2D eigenvalue weighted by atomic mass is 10.1. The molecular weight excluding hydrogens is 284 g/mol. The second kappa shape index (κ2) is 7.25. The molecule has 3 nitrogen and oxygen atoms in total. The fourth-order valence-electron chi connectivity index (χ4n) is 2.09. The summed E-state index contributed by atoms with van der Waals surface area (Å²) in [5.74, 6) is -0.0601. The summed E-state index contributed by atoms with van der Waals surface area (Å²) in [6.07, 6.45) is 0. The fourth-order valence-corrected chi connectivity index (χ4v) is 2.29. The van der Waals surface area contributed by atoms with E-state index < -0.39 is 0 Å². The summed E-state index contributed by atoms with van der Waals surface area (Å²) in [5.41, 5.74) is 1.86. The van der Waals surface area contributed by atoms with Crippen molar-refractivity contribution in [1.29, 1.82) is 0 Å². The van der Waals surface area contributed by atoms with E-state index in [-0.39, 0.29) is 18.0 Å². The molecule has 0 aromatic heterocycles. The molecule has 0 aliphatic heterocycles. The van der Waals surface area contributed by atoms with Gasteiger partial charge in [0.15, 0.2) is 0 Å². The number of benzene rings is 2. The van der Waals surface area contributed by atoms with Crippen molar-refractivity contribution in [3.05, 3.63) is 65.2 Å². The minimum atomic E-state index is -0.306. The lowest BCUT2D eigenvalue weighted by Gasteiger charge is -2.20. The Balaban J connectivity index is 1.94. The SMILES string of the molecule is C[C@H](N[C@H](C)c1cccc(Cl)c1)C(=O)Nc1ccccc1. The molecule has 2 rings (SSSR count). The van der Waals surface area contributed by atoms with Crippen LogP contribution in [-0.2, 0) is 4.79 Å². The van der Waals surface area contributed by atoms with E-state index >= 15 is 0 Å². The first-order valence-electron chi connectivity index (χ1n) is 6.93. The van der Waals surface area contributed by atoms with Crippen molar-refractivity contribution < 1.29 is 4.79 Å². The highest BCUT2D eigenvalue weighted by atomic mass is 35.5. The Morgan fingerprint density at radius 2 is 1.76 bits per heavy atom. The number of nitrogens with one attached hydrogen (secondary N) is 2. The highest BCUT2D eigenvalue weighted by Gasteiger charge is 2.16. The number of anilines is 1. The molecule has 0 saturated heterocycles. The average molecular weight is 303 g/mol. The van der Waals surface area contributed by atoms with Gasteiger partial charge in [0.05, 0.1) is 6.04 Å². The third-order valence-electron chi connectivity index (χ3n) is 3.28. The van der Waals surface area contributed by atoms with Crippen molar-refractivity contribution in [2.24, 2.45) is 0 Å². The van der Waals surface area contributed by atoms with Gasteiger partial charge in [-0.25, -0.2) is 0 Å². The van der Waals surface area contributed by atoms with Gasteiger partial charge < -0.3 is 5.32 Å². The Morgan fingerprint density at radius 1 is 1.05 bits per heavy atom. The molecule has 0 bridgehead atoms. The maximum absolute atomic E-state index is 12.1. The molecule has 0 radical (unpaired) electrons. The lowest BCUT2D eigenvalue weighted by Crippen LogP contribution is -2.39. The minimum Gasteiger partial charge on any atom is -0.325 e. The number of amides is 1. The van der Waals surface area contributed by atoms with Crippen LogP contribution < -0.4 is 10.6 Å². The van der Waals surface area contributed by atoms with Crippen LogP contribution in [0, 0.1) is 0 Å². The second-order valence-corrected chi connectivity index (χ2v) is 5.46. The van der Waals surface area contributed by atoms with Crippen LogP contribution in [-0.4, -0.2) is 11.9 Å². The van der Waals surface area contributed by atoms with Crippen molar-refractivity contribution in [3.8, 4) is 0 Å². The molecule has 0 aliphatic carbocycles. The van der Waals surface area contributed by atoms with E-state index in [1.807, 2.05) is 68.4 Å². The number of hydrogen-bond donors (Lipinski definition) is 2. The van der Waals surface area contributed by atoms with Crippen LogP contribution in [0.25, 0.3) is 0 Å². The number of carbonyl (C=O) groups excluding carboxylic acids is 1. The third-order valence-corrected chi connectivity index (χ3v) is 3.52. The van der Waals surface area contributed by atoms with E-state index in [4.69, 9.17) is 11.6 Å². The van der Waals surface area contributed by atoms with Crippen molar-refractivity contribution in [2.45, 2.75) is 25.9 Å². The first-order chi connectivity index (χ1) is 10.1. The normalized spacial score (nSPS) is 13.5. The summed E-state index contributed by atoms with van der Waals surface area (Å²) in [6.45, 7) is 3.86. The zero-order valence-corrected chi connectivity index (χ0v) is 12.9. The smallest absolute Gasteiger partial charge is 0.241 e. The van der Waals surface area contributed by atoms with Crippen LogP contribution >= 0.6 is 11.6 Å². The zero-order valence-electron chi connectivity index (χ0n) is 12.1. The van der Waals surface area contributed by atoms with Gasteiger partial charge in [-0.1, -0.05) is 41.9 Å². The van der Waals surface area contributed by atoms with E-state index in [1.165, 1.54) is 0 Å². The van der Waals surface area contributed by atoms with Crippen LogP contribution in [0.2, 0.25) is 5.02 Å². The Hall–Kier alpha value is -1.84. The zero-order chi connectivity index (χ0) is 15.2. The quantitative estimate of drug-likeness (QED) is 0.876. The molecule has 2 atom stereocenters. The van der Waals surface area contributed by atoms with Gasteiger partial charge in [-0.05, 0) is 43.7 Å². The van der Waals surface area contributed by atoms with Gasteiger partial charge in [-0.2, -0.15) is 0 Å². The molecule has 1 amide bonds. The van der Waals surface area contributed by atoms with Gasteiger partial charge in [0.1, 0.15) is 0 Å². The predicted molar refractivity (Wildman–Crippen MR) is 87.5 cm³/mol. The minimum absolute atomic E-state index is 0.0419. The molecule has 21 heavy (non-hydrogen) atoms. The molecule has 0 saturated carbocycles. The molecule has 0 heterocycles. The Labute approximate surface area is 130 Å². The molecule has 0 aliphatic rings. The highest BCUT2D eigenvalue weighted by molar-refractivity contribution is 6.30. The van der Waals surface area contributed by atoms with E-state index in [0.717, 1.165) is 11.3 Å². The summed E-state index contributed by atoms with van der Waals surface area (Å²) < 4.78 is 0. The average Bonchev–Trinajstić information content (AvgIpc) is 2.48. The van der Waals surface area contributed by atoms with Gasteiger partial charge in [0, 0.05) is 16.8 Å². The maximum atomic E-state index is 12.1. The van der Waals surface area contributed by atoms with Crippen LogP contribution in [0.15, 0.2) is 54.6 Å². The van der Waals surface area contributed by atoms with Crippen molar-refractivity contribution >= 4 is 23.2 Å². The van der Waals surface area contributed by atoms with Gasteiger partial charge >= 0.3 is 0 Å². The predicted octanol–water partition coefficient (Wildman–Crippen LogP) is 4.02. The van der Waals surface area contributed by atoms with E-state index in [2.05, 4.69) is 10.6 Å². The summed E-state index contributed by atoms with van der Waals surface area (Å²) in [7, 11) is 0. The van der Waals surface area contributed by atoms with E-state index in [0.29, 0.717) is 5.02 Å². The van der Waals surface area contributed by atoms with E-state index in [9.17, 15) is 4.79 Å². The molecule has 0 unspecified atom stereocenters. The summed E-state index contributed by atoms with van der Waals surface area (Å²) in [6, 6.07) is 16.8. The van der Waals surface area contributed by atoms with Gasteiger partial charge in [0.2, 0.25) is 5.91 Å². The Bertz CT molecular complexity index is 601. The number of carbonyl (C=O) groups is 1. The highest BCUT2D eigenvalue weighted by Crippen LogP contribution is 2.18. The maximum Gasteiger partial charge on any atom is 0.241 e. The molecule has 2 N–H and O–H groups in total. The summed E-state index contributed by atoms with van der Waals surface area (Å²) in [4.78, 5) is 12.1. The van der Waals surface area contributed by atoms with Crippen molar-refractivity contribution in [1.82, 2.24) is 5.32 Å². The first-order valence-corrected chi connectivity index (χ1v) is 7.31. The van der Waals surface area contributed by atoms with Gasteiger partial charge in [-0.3, -0.25) is 10.1 Å². The Kier molecular flexibility index (Phi) is 5.37. The second-order valence-electron chi connectivity index (χ2n) is 5.02. The van der Waals surface area contributed by atoms with Gasteiger partial charge in [-0.15, -0.1) is 0 Å². The topological polar surface area (TPSA) is 41.1 Å². The fraction of sp³-hybridized carbons (Fsp3) is 0.235. The van der Waals surface area contributed by atoms with Crippen LogP contribution in [0.4, 0.5) is 5.69 Å². The standard InChI is InChI=1S/C17H19ClN2O/c1-12(14-7-6-8-15(18)11-14)19-13(2)17(21)20-16-9-4-3-5-10-16/h3-13,19H,1-2H3,(H,20,21)/t12-,13+/m1/s1. The number of halogens is 1. The van der Waals surface area contributed by atoms with Crippen LogP contribution in [0.5, 0.6) is 0 Å². The molecule has 2 aromatic carbocycles. The molecule has 110 valence electrons. The molecule has 4 heteroatoms. The van der Waals surface area contributed by atoms with Crippen molar-refractivity contribution in [2.75, 3.05) is 5.32 Å². The monoisotopic (exact) mass is 302 g/mol. The molecular formula is C17H19ClN2O. The number of para-hydroxylation sites is 1. The number of rotatable bonds is 5. The molecule has 0 fully saturated rings.